The van der Waals surface area contributed by atoms with E-state index in [4.69, 9.17) is 21.3 Å². The fraction of sp³-hybridized carbons (Fsp3) is 0.400. The summed E-state index contributed by atoms with van der Waals surface area (Å²) in [5, 5.41) is 11.9. The molecule has 1 atom stereocenters. The third-order valence-corrected chi connectivity index (χ3v) is 7.58. The van der Waals surface area contributed by atoms with Crippen LogP contribution in [0.3, 0.4) is 0 Å². The average Bonchev–Trinajstić information content (AvgIpc) is 3.35. The lowest BCUT2D eigenvalue weighted by atomic mass is 9.90. The molecule has 210 valence electrons. The molecule has 0 saturated heterocycles. The molecule has 5 rings (SSSR count). The van der Waals surface area contributed by atoms with Gasteiger partial charge in [-0.05, 0) is 81.5 Å². The number of carbonyl (C=O) groups excluding carboxylic acids is 1. The van der Waals surface area contributed by atoms with Gasteiger partial charge < -0.3 is 21.5 Å². The van der Waals surface area contributed by atoms with Crippen LogP contribution in [0.5, 0.6) is 11.5 Å². The van der Waals surface area contributed by atoms with Crippen molar-refractivity contribution in [1.82, 2.24) is 30.4 Å². The lowest BCUT2D eigenvalue weighted by Crippen LogP contribution is -2.64. The molecule has 0 bridgehead atoms. The number of benzene rings is 2. The Hall–Kier alpha value is -4.02. The summed E-state index contributed by atoms with van der Waals surface area (Å²) in [5.74, 6) is 2.05. The molecule has 0 aliphatic heterocycles. The van der Waals surface area contributed by atoms with Gasteiger partial charge in [-0.25, -0.2) is 14.6 Å². The van der Waals surface area contributed by atoms with E-state index in [9.17, 15) is 4.79 Å². The molecule has 1 aliphatic rings. The SMILES string of the molecule is CNC(N)(CC(C)C)C(=O)NC1CCC(n2nc(-c3ccc(Oc4ccccc4)cc3)c3c(N)ncnc32)CC1. The predicted octanol–water partition coefficient (Wildman–Crippen LogP) is 4.39. The molecule has 1 amide bonds. The minimum Gasteiger partial charge on any atom is -0.457 e. The molecule has 4 aromatic rings. The van der Waals surface area contributed by atoms with E-state index in [2.05, 4.69) is 34.4 Å². The number of rotatable bonds is 9. The van der Waals surface area contributed by atoms with Gasteiger partial charge in [0, 0.05) is 11.6 Å². The largest absolute Gasteiger partial charge is 0.457 e. The number of likely N-dealkylation sites (N-methyl/N-ethyl adjacent to an activating group) is 1. The second-order valence-corrected chi connectivity index (χ2v) is 11.0. The Morgan fingerprint density at radius 1 is 1.05 bits per heavy atom. The number of nitrogens with zero attached hydrogens (tertiary/aromatic N) is 4. The molecule has 1 unspecified atom stereocenters. The number of anilines is 1. The van der Waals surface area contributed by atoms with Crippen LogP contribution in [0, 0.1) is 5.92 Å². The highest BCUT2D eigenvalue weighted by atomic mass is 16.5. The molecule has 0 spiro atoms. The zero-order chi connectivity index (χ0) is 28.3. The monoisotopic (exact) mass is 542 g/mol. The molecule has 10 heteroatoms. The van der Waals surface area contributed by atoms with Crippen LogP contribution in [0.15, 0.2) is 60.9 Å². The maximum absolute atomic E-state index is 13.0. The molecule has 2 aromatic heterocycles. The number of nitrogens with one attached hydrogen (secondary N) is 2. The van der Waals surface area contributed by atoms with Gasteiger partial charge in [0.15, 0.2) is 5.65 Å². The van der Waals surface area contributed by atoms with Crippen molar-refractivity contribution in [3.8, 4) is 22.8 Å². The van der Waals surface area contributed by atoms with Crippen molar-refractivity contribution in [2.75, 3.05) is 12.8 Å². The van der Waals surface area contributed by atoms with Gasteiger partial charge >= 0.3 is 0 Å². The number of fused-ring (bicyclic) bond motifs is 1. The van der Waals surface area contributed by atoms with Crippen molar-refractivity contribution in [2.24, 2.45) is 11.7 Å². The van der Waals surface area contributed by atoms with Gasteiger partial charge in [-0.15, -0.1) is 0 Å². The molecule has 1 saturated carbocycles. The average molecular weight is 543 g/mol. The first-order chi connectivity index (χ1) is 19.3. The Bertz CT molecular complexity index is 1450. The first-order valence-corrected chi connectivity index (χ1v) is 13.9. The summed E-state index contributed by atoms with van der Waals surface area (Å²) in [7, 11) is 1.73. The highest BCUT2D eigenvalue weighted by Crippen LogP contribution is 2.36. The van der Waals surface area contributed by atoms with Crippen molar-refractivity contribution in [3.05, 3.63) is 60.9 Å². The van der Waals surface area contributed by atoms with Crippen LogP contribution in [-0.4, -0.2) is 44.4 Å². The van der Waals surface area contributed by atoms with Crippen LogP contribution in [0.25, 0.3) is 22.3 Å². The van der Waals surface area contributed by atoms with E-state index in [0.29, 0.717) is 23.8 Å². The summed E-state index contributed by atoms with van der Waals surface area (Å²) in [6.45, 7) is 4.12. The van der Waals surface area contributed by atoms with Crippen molar-refractivity contribution in [1.29, 1.82) is 0 Å². The standard InChI is InChI=1S/C30H38N8O2/c1-19(2)17-30(32,33-3)29(39)36-21-11-13-22(14-12-21)38-28-25(27(31)34-18-35-28)26(37-38)20-9-15-24(16-10-20)40-23-7-5-4-6-8-23/h4-10,15-16,18-19,21-22,33H,11-14,17,32H2,1-3H3,(H,36,39)(H2,31,34,35). The van der Waals surface area contributed by atoms with Gasteiger partial charge in [0.1, 0.15) is 35.0 Å². The molecule has 2 heterocycles. The number of hydrogen-bond donors (Lipinski definition) is 4. The molecular weight excluding hydrogens is 504 g/mol. The van der Waals surface area contributed by atoms with Gasteiger partial charge in [-0.2, -0.15) is 5.10 Å². The van der Waals surface area contributed by atoms with Gasteiger partial charge in [0.2, 0.25) is 0 Å². The molecule has 1 aliphatic carbocycles. The second kappa shape index (κ2) is 11.6. The fourth-order valence-electron chi connectivity index (χ4n) is 5.49. The minimum atomic E-state index is -1.08. The van der Waals surface area contributed by atoms with Crippen LogP contribution in [-0.2, 0) is 4.79 Å². The Labute approximate surface area is 234 Å². The summed E-state index contributed by atoms with van der Waals surface area (Å²) >= 11 is 0. The summed E-state index contributed by atoms with van der Waals surface area (Å²) in [6, 6.07) is 17.6. The van der Waals surface area contributed by atoms with E-state index < -0.39 is 5.66 Å². The van der Waals surface area contributed by atoms with Crippen LogP contribution in [0.1, 0.15) is 52.0 Å². The Morgan fingerprint density at radius 2 is 1.73 bits per heavy atom. The number of carbonyl (C=O) groups is 1. The maximum atomic E-state index is 13.0. The highest BCUT2D eigenvalue weighted by Gasteiger charge is 2.35. The Balaban J connectivity index is 1.33. The molecule has 40 heavy (non-hydrogen) atoms. The Morgan fingerprint density at radius 3 is 2.38 bits per heavy atom. The smallest absolute Gasteiger partial charge is 0.255 e. The van der Waals surface area contributed by atoms with Crippen molar-refractivity contribution < 1.29 is 9.53 Å². The minimum absolute atomic E-state index is 0.0605. The second-order valence-electron chi connectivity index (χ2n) is 11.0. The van der Waals surface area contributed by atoms with E-state index in [1.807, 2.05) is 59.3 Å². The van der Waals surface area contributed by atoms with Gasteiger partial charge in [-0.3, -0.25) is 10.1 Å². The zero-order valence-electron chi connectivity index (χ0n) is 23.3. The predicted molar refractivity (Wildman–Crippen MR) is 157 cm³/mol. The van der Waals surface area contributed by atoms with Crippen LogP contribution >= 0.6 is 0 Å². The van der Waals surface area contributed by atoms with Gasteiger partial charge in [0.05, 0.1) is 11.4 Å². The fourth-order valence-corrected chi connectivity index (χ4v) is 5.49. The van der Waals surface area contributed by atoms with Crippen LogP contribution in [0.2, 0.25) is 0 Å². The topological polar surface area (TPSA) is 146 Å². The number of ether oxygens (including phenoxy) is 1. The van der Waals surface area contributed by atoms with E-state index in [-0.39, 0.29) is 18.0 Å². The quantitative estimate of drug-likeness (QED) is 0.228. The molecule has 1 fully saturated rings. The van der Waals surface area contributed by atoms with Crippen LogP contribution < -0.4 is 26.8 Å². The lowest BCUT2D eigenvalue weighted by Gasteiger charge is -2.34. The van der Waals surface area contributed by atoms with E-state index >= 15 is 0 Å². The summed E-state index contributed by atoms with van der Waals surface area (Å²) < 4.78 is 7.93. The van der Waals surface area contributed by atoms with Crippen molar-refractivity contribution >= 4 is 22.8 Å². The first kappa shape index (κ1) is 27.5. The van der Waals surface area contributed by atoms with Gasteiger partial charge in [0.25, 0.3) is 5.91 Å². The first-order valence-electron chi connectivity index (χ1n) is 13.9. The Kier molecular flexibility index (Phi) is 7.99. The van der Waals surface area contributed by atoms with Crippen molar-refractivity contribution in [2.45, 2.75) is 63.7 Å². The lowest BCUT2D eigenvalue weighted by molar-refractivity contribution is -0.129. The highest BCUT2D eigenvalue weighted by molar-refractivity contribution is 5.98. The number of nitrogens with two attached hydrogens (primary N) is 2. The molecule has 10 nitrogen and oxygen atoms in total. The van der Waals surface area contributed by atoms with E-state index in [1.165, 1.54) is 6.33 Å². The third-order valence-electron chi connectivity index (χ3n) is 7.58. The normalized spacial score (nSPS) is 18.9. The number of nitrogen functional groups attached to an aromatic ring is 1. The summed E-state index contributed by atoms with van der Waals surface area (Å²) in [4.78, 5) is 21.8. The number of amides is 1. The molecular formula is C30H38N8O2. The third kappa shape index (κ3) is 5.78. The maximum Gasteiger partial charge on any atom is 0.255 e. The summed E-state index contributed by atoms with van der Waals surface area (Å²) in [5.41, 5.74) is 14.0. The molecule has 2 aromatic carbocycles. The van der Waals surface area contributed by atoms with Gasteiger partial charge in [-0.1, -0.05) is 32.0 Å². The van der Waals surface area contributed by atoms with Crippen molar-refractivity contribution in [3.63, 3.8) is 0 Å². The van der Waals surface area contributed by atoms with Crippen LogP contribution in [0.4, 0.5) is 5.82 Å². The van der Waals surface area contributed by atoms with E-state index in [1.54, 1.807) is 7.05 Å². The number of aromatic nitrogens is 4. The van der Waals surface area contributed by atoms with E-state index in [0.717, 1.165) is 53.8 Å². The molecule has 0 radical (unpaired) electrons. The number of hydrogen-bond acceptors (Lipinski definition) is 8. The summed E-state index contributed by atoms with van der Waals surface area (Å²) in [6.07, 6.45) is 5.37. The zero-order valence-corrected chi connectivity index (χ0v) is 23.3. The molecule has 6 N–H and O–H groups in total. The number of para-hydroxylation sites is 1.